The van der Waals surface area contributed by atoms with Crippen molar-refractivity contribution >= 4 is 10.0 Å². The number of hydrogen-bond donors (Lipinski definition) is 1. The van der Waals surface area contributed by atoms with Crippen LogP contribution in [0.3, 0.4) is 0 Å². The number of sulfonamides is 1. The predicted octanol–water partition coefficient (Wildman–Crippen LogP) is 1.19. The van der Waals surface area contributed by atoms with Crippen LogP contribution < -0.4 is 5.32 Å². The summed E-state index contributed by atoms with van der Waals surface area (Å²) in [7, 11) is -3.06. The van der Waals surface area contributed by atoms with Crippen molar-refractivity contribution in [2.75, 3.05) is 25.4 Å². The summed E-state index contributed by atoms with van der Waals surface area (Å²) in [5.74, 6) is 0.690. The lowest BCUT2D eigenvalue weighted by atomic mass is 10.0. The van der Waals surface area contributed by atoms with Gasteiger partial charge in [-0.25, -0.2) is 8.42 Å². The SMILES string of the molecule is CC1(C)CCCN1S(=O)(=O)CC1CCNCC1. The second-order valence-electron chi connectivity index (χ2n) is 5.96. The molecule has 0 aliphatic carbocycles. The molecule has 17 heavy (non-hydrogen) atoms. The van der Waals surface area contributed by atoms with E-state index in [4.69, 9.17) is 0 Å². The van der Waals surface area contributed by atoms with Crippen molar-refractivity contribution in [1.82, 2.24) is 9.62 Å². The predicted molar refractivity (Wildman–Crippen MR) is 69.4 cm³/mol. The van der Waals surface area contributed by atoms with Gasteiger partial charge in [0.1, 0.15) is 0 Å². The molecule has 0 radical (unpaired) electrons. The zero-order valence-corrected chi connectivity index (χ0v) is 11.7. The summed E-state index contributed by atoms with van der Waals surface area (Å²) in [6.45, 7) is 6.72. The van der Waals surface area contributed by atoms with E-state index in [1.54, 1.807) is 4.31 Å². The molecule has 0 aromatic carbocycles. The first-order valence-corrected chi connectivity index (χ1v) is 8.24. The Balaban J connectivity index is 2.03. The van der Waals surface area contributed by atoms with Gasteiger partial charge in [0, 0.05) is 12.1 Å². The summed E-state index contributed by atoms with van der Waals surface area (Å²) in [6, 6.07) is 0. The van der Waals surface area contributed by atoms with Crippen LogP contribution in [-0.4, -0.2) is 43.6 Å². The molecule has 2 aliphatic rings. The summed E-state index contributed by atoms with van der Waals surface area (Å²) < 4.78 is 26.6. The Labute approximate surface area is 105 Å². The third kappa shape index (κ3) is 3.01. The fraction of sp³-hybridized carbons (Fsp3) is 1.00. The lowest BCUT2D eigenvalue weighted by Gasteiger charge is -2.32. The van der Waals surface area contributed by atoms with E-state index in [0.717, 1.165) is 38.8 Å². The minimum absolute atomic E-state index is 0.175. The second-order valence-corrected chi connectivity index (χ2v) is 7.90. The highest BCUT2D eigenvalue weighted by Crippen LogP contribution is 2.32. The van der Waals surface area contributed by atoms with E-state index in [2.05, 4.69) is 5.32 Å². The minimum Gasteiger partial charge on any atom is -0.317 e. The first kappa shape index (κ1) is 13.3. The fourth-order valence-electron chi connectivity index (χ4n) is 3.03. The molecule has 1 N–H and O–H groups in total. The first-order valence-electron chi connectivity index (χ1n) is 6.63. The summed E-state index contributed by atoms with van der Waals surface area (Å²) in [5, 5.41) is 3.28. The quantitative estimate of drug-likeness (QED) is 0.829. The molecule has 2 saturated heterocycles. The van der Waals surface area contributed by atoms with Crippen LogP contribution in [0.1, 0.15) is 39.5 Å². The van der Waals surface area contributed by atoms with E-state index in [1.807, 2.05) is 13.8 Å². The molecular weight excluding hydrogens is 236 g/mol. The minimum atomic E-state index is -3.06. The van der Waals surface area contributed by atoms with Gasteiger partial charge in [0.25, 0.3) is 0 Å². The van der Waals surface area contributed by atoms with Crippen molar-refractivity contribution in [3.63, 3.8) is 0 Å². The van der Waals surface area contributed by atoms with Gasteiger partial charge in [0.2, 0.25) is 10.0 Å². The molecule has 2 aliphatic heterocycles. The van der Waals surface area contributed by atoms with Crippen LogP contribution in [0.25, 0.3) is 0 Å². The monoisotopic (exact) mass is 260 g/mol. The lowest BCUT2D eigenvalue weighted by Crippen LogP contribution is -2.45. The number of rotatable bonds is 3. The van der Waals surface area contributed by atoms with Crippen molar-refractivity contribution < 1.29 is 8.42 Å². The largest absolute Gasteiger partial charge is 0.317 e. The Kier molecular flexibility index (Phi) is 3.80. The molecule has 2 fully saturated rings. The Morgan fingerprint density at radius 3 is 2.47 bits per heavy atom. The molecule has 0 spiro atoms. The molecule has 0 aromatic rings. The Bertz CT molecular complexity index is 359. The summed E-state index contributed by atoms with van der Waals surface area (Å²) in [5.41, 5.74) is -0.175. The number of hydrogen-bond acceptors (Lipinski definition) is 3. The van der Waals surface area contributed by atoms with Gasteiger partial charge in [0.15, 0.2) is 0 Å². The molecule has 2 rings (SSSR count). The lowest BCUT2D eigenvalue weighted by molar-refractivity contribution is 0.286. The van der Waals surface area contributed by atoms with E-state index in [-0.39, 0.29) is 5.54 Å². The van der Waals surface area contributed by atoms with Crippen LogP contribution in [0.5, 0.6) is 0 Å². The summed E-state index contributed by atoms with van der Waals surface area (Å²) in [4.78, 5) is 0. The maximum Gasteiger partial charge on any atom is 0.214 e. The molecule has 4 nitrogen and oxygen atoms in total. The molecule has 5 heteroatoms. The van der Waals surface area contributed by atoms with Crippen LogP contribution in [-0.2, 0) is 10.0 Å². The molecule has 0 bridgehead atoms. The maximum atomic E-state index is 12.4. The van der Waals surface area contributed by atoms with Gasteiger partial charge in [-0.15, -0.1) is 0 Å². The third-order valence-electron chi connectivity index (χ3n) is 4.07. The first-order chi connectivity index (χ1) is 7.92. The van der Waals surface area contributed by atoms with Crippen LogP contribution in [0, 0.1) is 5.92 Å². The Morgan fingerprint density at radius 1 is 1.29 bits per heavy atom. The average molecular weight is 260 g/mol. The highest BCUT2D eigenvalue weighted by molar-refractivity contribution is 7.89. The zero-order chi connectivity index (χ0) is 12.5. The topological polar surface area (TPSA) is 49.4 Å². The number of nitrogens with zero attached hydrogens (tertiary/aromatic N) is 1. The van der Waals surface area contributed by atoms with Crippen LogP contribution in [0.4, 0.5) is 0 Å². The average Bonchev–Trinajstić information content (AvgIpc) is 2.59. The third-order valence-corrected chi connectivity index (χ3v) is 6.31. The van der Waals surface area contributed by atoms with Gasteiger partial charge in [-0.3, -0.25) is 0 Å². The van der Waals surface area contributed by atoms with Crippen molar-refractivity contribution in [3.05, 3.63) is 0 Å². The van der Waals surface area contributed by atoms with Crippen molar-refractivity contribution in [3.8, 4) is 0 Å². The Morgan fingerprint density at radius 2 is 1.94 bits per heavy atom. The van der Waals surface area contributed by atoms with E-state index < -0.39 is 10.0 Å². The van der Waals surface area contributed by atoms with Gasteiger partial charge in [0.05, 0.1) is 5.75 Å². The van der Waals surface area contributed by atoms with Gasteiger partial charge < -0.3 is 5.32 Å². The standard InChI is InChI=1S/C12H24N2O2S/c1-12(2)6-3-9-14(12)17(15,16)10-11-4-7-13-8-5-11/h11,13H,3-10H2,1-2H3. The number of piperidine rings is 1. The van der Waals surface area contributed by atoms with Crippen molar-refractivity contribution in [1.29, 1.82) is 0 Å². The van der Waals surface area contributed by atoms with Gasteiger partial charge in [-0.2, -0.15) is 4.31 Å². The van der Waals surface area contributed by atoms with E-state index in [0.29, 0.717) is 18.2 Å². The van der Waals surface area contributed by atoms with Crippen LogP contribution in [0.2, 0.25) is 0 Å². The number of nitrogens with one attached hydrogen (secondary N) is 1. The molecule has 0 unspecified atom stereocenters. The highest BCUT2D eigenvalue weighted by atomic mass is 32.2. The van der Waals surface area contributed by atoms with E-state index in [1.165, 1.54) is 0 Å². The fourth-order valence-corrected chi connectivity index (χ4v) is 5.40. The van der Waals surface area contributed by atoms with Gasteiger partial charge >= 0.3 is 0 Å². The molecular formula is C12H24N2O2S. The Hall–Kier alpha value is -0.130. The van der Waals surface area contributed by atoms with E-state index in [9.17, 15) is 8.42 Å². The van der Waals surface area contributed by atoms with Gasteiger partial charge in [-0.1, -0.05) is 0 Å². The van der Waals surface area contributed by atoms with Crippen LogP contribution >= 0.6 is 0 Å². The van der Waals surface area contributed by atoms with Crippen LogP contribution in [0.15, 0.2) is 0 Å². The molecule has 2 heterocycles. The van der Waals surface area contributed by atoms with Crippen molar-refractivity contribution in [2.45, 2.75) is 45.1 Å². The molecule has 100 valence electrons. The normalized spacial score (nSPS) is 27.4. The molecule has 0 aromatic heterocycles. The second kappa shape index (κ2) is 4.86. The highest BCUT2D eigenvalue weighted by Gasteiger charge is 2.40. The zero-order valence-electron chi connectivity index (χ0n) is 10.9. The smallest absolute Gasteiger partial charge is 0.214 e. The molecule has 0 saturated carbocycles. The van der Waals surface area contributed by atoms with E-state index >= 15 is 0 Å². The maximum absolute atomic E-state index is 12.4. The summed E-state index contributed by atoms with van der Waals surface area (Å²) >= 11 is 0. The summed E-state index contributed by atoms with van der Waals surface area (Å²) in [6.07, 6.45) is 3.97. The molecule has 0 atom stereocenters. The molecule has 0 amide bonds. The van der Waals surface area contributed by atoms with Gasteiger partial charge in [-0.05, 0) is 58.5 Å². The van der Waals surface area contributed by atoms with Crippen molar-refractivity contribution in [2.24, 2.45) is 5.92 Å².